The zero-order chi connectivity index (χ0) is 20.2. The number of fused-ring (bicyclic) bond motifs is 1. The Morgan fingerprint density at radius 1 is 1.03 bits per heavy atom. The molecule has 0 aliphatic rings. The summed E-state index contributed by atoms with van der Waals surface area (Å²) in [5.41, 5.74) is 12.3. The van der Waals surface area contributed by atoms with E-state index in [2.05, 4.69) is 21.2 Å². The van der Waals surface area contributed by atoms with Crippen LogP contribution in [0.1, 0.15) is 21.5 Å². The molecule has 5 nitrogen and oxygen atoms in total. The first-order chi connectivity index (χ1) is 14.1. The van der Waals surface area contributed by atoms with Crippen molar-refractivity contribution in [2.24, 2.45) is 5.10 Å². The Labute approximate surface area is 173 Å². The monoisotopic (exact) mass is 402 g/mol. The van der Waals surface area contributed by atoms with Gasteiger partial charge in [-0.15, -0.1) is 0 Å². The summed E-state index contributed by atoms with van der Waals surface area (Å²) in [7, 11) is 0. The number of anilines is 1. The molecule has 0 aliphatic heterocycles. The highest BCUT2D eigenvalue weighted by Crippen LogP contribution is 2.22. The van der Waals surface area contributed by atoms with Gasteiger partial charge in [0, 0.05) is 39.9 Å². The van der Waals surface area contributed by atoms with Crippen LogP contribution in [0, 0.1) is 0 Å². The van der Waals surface area contributed by atoms with Gasteiger partial charge in [-0.1, -0.05) is 54.1 Å². The highest BCUT2D eigenvalue weighted by atomic mass is 35.5. The third-order valence-electron chi connectivity index (χ3n) is 4.66. The number of hydrazone groups is 1. The molecule has 3 aromatic carbocycles. The first kappa shape index (κ1) is 18.8. The lowest BCUT2D eigenvalue weighted by Crippen LogP contribution is -2.18. The third-order valence-corrected chi connectivity index (χ3v) is 4.91. The minimum Gasteiger partial charge on any atom is -0.398 e. The molecule has 1 aromatic heterocycles. The summed E-state index contributed by atoms with van der Waals surface area (Å²) in [6.07, 6.45) is 3.67. The predicted octanol–water partition coefficient (Wildman–Crippen LogP) is 4.69. The topological polar surface area (TPSA) is 72.4 Å². The number of carbonyl (C=O) groups is 1. The zero-order valence-electron chi connectivity index (χ0n) is 15.5. The fourth-order valence-electron chi connectivity index (χ4n) is 3.22. The van der Waals surface area contributed by atoms with E-state index in [0.717, 1.165) is 22.0 Å². The number of aromatic nitrogens is 1. The zero-order valence-corrected chi connectivity index (χ0v) is 16.3. The highest BCUT2D eigenvalue weighted by molar-refractivity contribution is 6.30. The van der Waals surface area contributed by atoms with Crippen LogP contribution in [-0.4, -0.2) is 16.7 Å². The molecule has 0 unspecified atom stereocenters. The normalized spacial score (nSPS) is 11.2. The van der Waals surface area contributed by atoms with Crippen LogP contribution in [0.5, 0.6) is 0 Å². The Balaban J connectivity index is 1.57. The Morgan fingerprint density at radius 2 is 1.76 bits per heavy atom. The quantitative estimate of drug-likeness (QED) is 0.289. The summed E-state index contributed by atoms with van der Waals surface area (Å²) in [4.78, 5) is 12.3. The molecule has 0 fully saturated rings. The second-order valence-corrected chi connectivity index (χ2v) is 7.08. The maximum absolute atomic E-state index is 12.3. The number of nitrogens with zero attached hydrogens (tertiary/aromatic N) is 2. The van der Waals surface area contributed by atoms with Gasteiger partial charge in [0.2, 0.25) is 0 Å². The van der Waals surface area contributed by atoms with Crippen molar-refractivity contribution in [3.8, 4) is 0 Å². The van der Waals surface area contributed by atoms with E-state index in [1.807, 2.05) is 48.7 Å². The summed E-state index contributed by atoms with van der Waals surface area (Å²) >= 11 is 5.98. The van der Waals surface area contributed by atoms with Crippen LogP contribution >= 0.6 is 11.6 Å². The summed E-state index contributed by atoms with van der Waals surface area (Å²) in [5.74, 6) is -0.343. The molecule has 0 saturated heterocycles. The SMILES string of the molecule is Nc1ccccc1C(=O)N/N=C\c1cn(Cc2ccc(Cl)cc2)c2ccccc12. The van der Waals surface area contributed by atoms with E-state index in [1.54, 1.807) is 30.5 Å². The maximum Gasteiger partial charge on any atom is 0.273 e. The van der Waals surface area contributed by atoms with E-state index in [9.17, 15) is 4.79 Å². The molecule has 29 heavy (non-hydrogen) atoms. The van der Waals surface area contributed by atoms with Gasteiger partial charge in [-0.2, -0.15) is 5.10 Å². The number of hydrogen-bond acceptors (Lipinski definition) is 3. The average molecular weight is 403 g/mol. The lowest BCUT2D eigenvalue weighted by molar-refractivity contribution is 0.0956. The van der Waals surface area contributed by atoms with Crippen molar-refractivity contribution in [1.82, 2.24) is 9.99 Å². The van der Waals surface area contributed by atoms with Gasteiger partial charge in [-0.25, -0.2) is 5.43 Å². The van der Waals surface area contributed by atoms with Crippen LogP contribution in [-0.2, 0) is 6.54 Å². The van der Waals surface area contributed by atoms with Gasteiger partial charge in [-0.05, 0) is 35.9 Å². The second kappa shape index (κ2) is 8.20. The van der Waals surface area contributed by atoms with Crippen molar-refractivity contribution < 1.29 is 4.79 Å². The molecule has 0 aliphatic carbocycles. The molecule has 1 amide bonds. The molecule has 0 radical (unpaired) electrons. The van der Waals surface area contributed by atoms with Crippen molar-refractivity contribution >= 4 is 40.3 Å². The van der Waals surface area contributed by atoms with Gasteiger partial charge in [0.25, 0.3) is 5.91 Å². The van der Waals surface area contributed by atoms with Crippen LogP contribution in [0.4, 0.5) is 5.69 Å². The fourth-order valence-corrected chi connectivity index (χ4v) is 3.35. The van der Waals surface area contributed by atoms with Crippen molar-refractivity contribution in [1.29, 1.82) is 0 Å². The molecule has 4 rings (SSSR count). The molecule has 0 spiro atoms. The van der Waals surface area contributed by atoms with Crippen molar-refractivity contribution in [2.75, 3.05) is 5.73 Å². The van der Waals surface area contributed by atoms with Crippen LogP contribution in [0.2, 0.25) is 5.02 Å². The van der Waals surface area contributed by atoms with E-state index in [-0.39, 0.29) is 5.91 Å². The number of amides is 1. The third kappa shape index (κ3) is 4.15. The Hall–Kier alpha value is -3.57. The number of rotatable bonds is 5. The van der Waals surface area contributed by atoms with E-state index in [0.29, 0.717) is 22.8 Å². The van der Waals surface area contributed by atoms with Crippen LogP contribution in [0.3, 0.4) is 0 Å². The van der Waals surface area contributed by atoms with Crippen molar-refractivity contribution in [3.05, 3.63) is 101 Å². The molecule has 0 saturated carbocycles. The lowest BCUT2D eigenvalue weighted by Gasteiger charge is -2.05. The summed E-state index contributed by atoms with van der Waals surface area (Å²) in [6.45, 7) is 0.707. The Kier molecular flexibility index (Phi) is 5.31. The van der Waals surface area contributed by atoms with Crippen LogP contribution in [0.25, 0.3) is 10.9 Å². The summed E-state index contributed by atoms with van der Waals surface area (Å²) in [5, 5.41) is 5.90. The first-order valence-corrected chi connectivity index (χ1v) is 9.50. The second-order valence-electron chi connectivity index (χ2n) is 6.64. The van der Waals surface area contributed by atoms with Gasteiger partial charge in [0.05, 0.1) is 11.8 Å². The number of hydrogen-bond donors (Lipinski definition) is 2. The molecular weight excluding hydrogens is 384 g/mol. The van der Waals surface area contributed by atoms with E-state index in [4.69, 9.17) is 17.3 Å². The molecule has 4 aromatic rings. The summed E-state index contributed by atoms with van der Waals surface area (Å²) in [6, 6.07) is 22.8. The smallest absolute Gasteiger partial charge is 0.273 e. The minimum absolute atomic E-state index is 0.343. The Bertz CT molecular complexity index is 1200. The van der Waals surface area contributed by atoms with Crippen molar-refractivity contribution in [2.45, 2.75) is 6.54 Å². The molecule has 3 N–H and O–H groups in total. The number of halogens is 1. The highest BCUT2D eigenvalue weighted by Gasteiger charge is 2.09. The van der Waals surface area contributed by atoms with E-state index in [1.165, 1.54) is 0 Å². The van der Waals surface area contributed by atoms with Gasteiger partial charge in [0.15, 0.2) is 0 Å². The molecule has 0 bridgehead atoms. The molecule has 6 heteroatoms. The van der Waals surface area contributed by atoms with Gasteiger partial charge >= 0.3 is 0 Å². The van der Waals surface area contributed by atoms with Gasteiger partial charge in [0.1, 0.15) is 0 Å². The largest absolute Gasteiger partial charge is 0.398 e. The molecule has 1 heterocycles. The lowest BCUT2D eigenvalue weighted by atomic mass is 10.2. The van der Waals surface area contributed by atoms with Crippen LogP contribution < -0.4 is 11.2 Å². The standard InChI is InChI=1S/C23H19ClN4O/c24-18-11-9-16(10-12-18)14-28-15-17(19-5-2-4-8-22(19)28)13-26-27-23(29)20-6-1-3-7-21(20)25/h1-13,15H,14,25H2,(H,27,29)/b26-13-. The van der Waals surface area contributed by atoms with Gasteiger partial charge in [-0.3, -0.25) is 4.79 Å². The number of nitrogen functional groups attached to an aromatic ring is 1. The van der Waals surface area contributed by atoms with E-state index >= 15 is 0 Å². The number of nitrogens with two attached hydrogens (primary N) is 1. The van der Waals surface area contributed by atoms with Crippen LogP contribution in [0.15, 0.2) is 84.1 Å². The number of benzene rings is 3. The van der Waals surface area contributed by atoms with E-state index < -0.39 is 0 Å². The average Bonchev–Trinajstić information content (AvgIpc) is 3.08. The van der Waals surface area contributed by atoms with Gasteiger partial charge < -0.3 is 10.3 Å². The van der Waals surface area contributed by atoms with Crippen molar-refractivity contribution in [3.63, 3.8) is 0 Å². The Morgan fingerprint density at radius 3 is 2.55 bits per heavy atom. The number of nitrogens with one attached hydrogen (secondary N) is 1. The molecule has 0 atom stereocenters. The predicted molar refractivity (Wildman–Crippen MR) is 118 cm³/mol. The first-order valence-electron chi connectivity index (χ1n) is 9.12. The number of para-hydroxylation sites is 2. The molecule has 144 valence electrons. The summed E-state index contributed by atoms with van der Waals surface area (Å²) < 4.78 is 2.15. The molecular formula is C23H19ClN4O. The number of carbonyl (C=O) groups excluding carboxylic acids is 1. The minimum atomic E-state index is -0.343. The maximum atomic E-state index is 12.3. The fraction of sp³-hybridized carbons (Fsp3) is 0.0435.